The van der Waals surface area contributed by atoms with Gasteiger partial charge >= 0.3 is 0 Å². The second-order valence-electron chi connectivity index (χ2n) is 4.28. The van der Waals surface area contributed by atoms with Crippen molar-refractivity contribution in [2.24, 2.45) is 5.73 Å². The smallest absolute Gasteiger partial charge is 0.260 e. The number of nitrogens with zero attached hydrogens (tertiary/aromatic N) is 1. The van der Waals surface area contributed by atoms with E-state index in [2.05, 4.69) is 10.3 Å². The van der Waals surface area contributed by atoms with Gasteiger partial charge in [-0.25, -0.2) is 4.98 Å². The summed E-state index contributed by atoms with van der Waals surface area (Å²) in [6, 6.07) is 8.51. The van der Waals surface area contributed by atoms with Gasteiger partial charge in [-0.05, 0) is 23.8 Å². The lowest BCUT2D eigenvalue weighted by Gasteiger charge is -2.10. The Hall–Kier alpha value is -2.60. The van der Waals surface area contributed by atoms with Crippen molar-refractivity contribution in [1.29, 1.82) is 0 Å². The van der Waals surface area contributed by atoms with Gasteiger partial charge in [0.05, 0.1) is 19.8 Å². The lowest BCUT2D eigenvalue weighted by molar-refractivity contribution is 0.102. The van der Waals surface area contributed by atoms with E-state index in [1.54, 1.807) is 37.6 Å². The normalized spacial score (nSPS) is 10.0. The van der Waals surface area contributed by atoms with Crippen LogP contribution in [0.25, 0.3) is 0 Å². The summed E-state index contributed by atoms with van der Waals surface area (Å²) in [6.07, 6.45) is 1.63. The molecule has 0 aliphatic carbocycles. The molecule has 1 aromatic carbocycles. The number of carbonyl (C=O) groups is 1. The van der Waals surface area contributed by atoms with Gasteiger partial charge in [0.15, 0.2) is 0 Å². The molecule has 0 fully saturated rings. The molecule has 6 heteroatoms. The van der Waals surface area contributed by atoms with E-state index in [0.29, 0.717) is 29.4 Å². The molecular weight excluding hydrogens is 270 g/mol. The van der Waals surface area contributed by atoms with Crippen LogP contribution in [0.3, 0.4) is 0 Å². The first kappa shape index (κ1) is 14.8. The van der Waals surface area contributed by atoms with Gasteiger partial charge in [0, 0.05) is 18.8 Å². The van der Waals surface area contributed by atoms with Gasteiger partial charge in [0.2, 0.25) is 0 Å². The molecule has 2 rings (SSSR count). The third-order valence-corrected chi connectivity index (χ3v) is 2.96. The number of aromatic nitrogens is 1. The summed E-state index contributed by atoms with van der Waals surface area (Å²) in [5.41, 5.74) is 6.81. The summed E-state index contributed by atoms with van der Waals surface area (Å²) < 4.78 is 10.3. The van der Waals surface area contributed by atoms with E-state index in [1.165, 1.54) is 7.11 Å². The van der Waals surface area contributed by atoms with Crippen molar-refractivity contribution in [3.05, 3.63) is 47.7 Å². The second kappa shape index (κ2) is 6.71. The molecule has 2 aromatic rings. The summed E-state index contributed by atoms with van der Waals surface area (Å²) >= 11 is 0. The largest absolute Gasteiger partial charge is 0.497 e. The number of anilines is 1. The summed E-state index contributed by atoms with van der Waals surface area (Å²) in [6.45, 7) is 0.410. The van der Waals surface area contributed by atoms with Crippen molar-refractivity contribution in [2.75, 3.05) is 19.5 Å². The molecule has 0 aliphatic rings. The topological polar surface area (TPSA) is 86.5 Å². The van der Waals surface area contributed by atoms with Crippen LogP contribution in [0.5, 0.6) is 11.5 Å². The summed E-state index contributed by atoms with van der Waals surface area (Å²) in [4.78, 5) is 16.4. The molecule has 0 atom stereocenters. The zero-order valence-electron chi connectivity index (χ0n) is 11.9. The van der Waals surface area contributed by atoms with E-state index in [9.17, 15) is 4.79 Å². The third-order valence-electron chi connectivity index (χ3n) is 2.96. The molecule has 0 radical (unpaired) electrons. The Labute approximate surface area is 122 Å². The van der Waals surface area contributed by atoms with Crippen molar-refractivity contribution in [3.8, 4) is 11.5 Å². The van der Waals surface area contributed by atoms with Gasteiger partial charge in [-0.2, -0.15) is 0 Å². The van der Waals surface area contributed by atoms with Crippen LogP contribution in [0.2, 0.25) is 0 Å². The van der Waals surface area contributed by atoms with Crippen molar-refractivity contribution in [3.63, 3.8) is 0 Å². The minimum Gasteiger partial charge on any atom is -0.497 e. The number of pyridine rings is 1. The molecule has 6 nitrogen and oxygen atoms in total. The predicted molar refractivity (Wildman–Crippen MR) is 79.6 cm³/mol. The van der Waals surface area contributed by atoms with E-state index >= 15 is 0 Å². The zero-order chi connectivity index (χ0) is 15.2. The second-order valence-corrected chi connectivity index (χ2v) is 4.28. The Kier molecular flexibility index (Phi) is 4.73. The highest BCUT2D eigenvalue weighted by Gasteiger charge is 2.13. The van der Waals surface area contributed by atoms with E-state index in [-0.39, 0.29) is 5.91 Å². The maximum absolute atomic E-state index is 12.3. The fraction of sp³-hybridized carbons (Fsp3) is 0.200. The molecule has 0 saturated carbocycles. The Bertz CT molecular complexity index is 627. The number of methoxy groups -OCH3 is 2. The lowest BCUT2D eigenvalue weighted by atomic mass is 10.1. The maximum atomic E-state index is 12.3. The maximum Gasteiger partial charge on any atom is 0.260 e. The highest BCUT2D eigenvalue weighted by Crippen LogP contribution is 2.25. The Morgan fingerprint density at radius 2 is 2.05 bits per heavy atom. The van der Waals surface area contributed by atoms with Gasteiger partial charge in [-0.1, -0.05) is 6.07 Å². The molecular formula is C15H17N3O3. The number of ether oxygens (including phenoxy) is 2. The van der Waals surface area contributed by atoms with Crippen molar-refractivity contribution in [2.45, 2.75) is 6.54 Å². The first-order valence-electron chi connectivity index (χ1n) is 6.36. The van der Waals surface area contributed by atoms with Crippen LogP contribution in [0, 0.1) is 0 Å². The zero-order valence-corrected chi connectivity index (χ0v) is 11.9. The van der Waals surface area contributed by atoms with Gasteiger partial charge in [0.1, 0.15) is 17.3 Å². The number of rotatable bonds is 5. The van der Waals surface area contributed by atoms with Gasteiger partial charge < -0.3 is 20.5 Å². The molecule has 0 bridgehead atoms. The minimum atomic E-state index is -0.303. The molecule has 0 unspecified atom stereocenters. The van der Waals surface area contributed by atoms with Gasteiger partial charge in [-0.3, -0.25) is 4.79 Å². The van der Waals surface area contributed by atoms with E-state index < -0.39 is 0 Å². The molecule has 1 amide bonds. The highest BCUT2D eigenvalue weighted by molar-refractivity contribution is 6.05. The highest BCUT2D eigenvalue weighted by atomic mass is 16.5. The van der Waals surface area contributed by atoms with Crippen molar-refractivity contribution >= 4 is 11.7 Å². The average molecular weight is 287 g/mol. The molecule has 0 aliphatic heterocycles. The van der Waals surface area contributed by atoms with E-state index in [0.717, 1.165) is 5.56 Å². The average Bonchev–Trinajstić information content (AvgIpc) is 2.54. The summed E-state index contributed by atoms with van der Waals surface area (Å²) in [5.74, 6) is 1.21. The number of amides is 1. The molecule has 0 spiro atoms. The number of hydrogen-bond donors (Lipinski definition) is 2. The van der Waals surface area contributed by atoms with Gasteiger partial charge in [-0.15, -0.1) is 0 Å². The molecule has 1 aromatic heterocycles. The molecule has 110 valence electrons. The SMILES string of the molecule is COc1ccc(C(=O)Nc2ccc(CN)cn2)c(OC)c1. The molecule has 0 saturated heterocycles. The van der Waals surface area contributed by atoms with Crippen LogP contribution in [-0.2, 0) is 6.54 Å². The Balaban J connectivity index is 2.19. The van der Waals surface area contributed by atoms with Crippen LogP contribution in [0.4, 0.5) is 5.82 Å². The quantitative estimate of drug-likeness (QED) is 0.875. The van der Waals surface area contributed by atoms with Crippen LogP contribution in [-0.4, -0.2) is 25.1 Å². The summed E-state index contributed by atoms with van der Waals surface area (Å²) in [7, 11) is 3.05. The van der Waals surface area contributed by atoms with Crippen LogP contribution < -0.4 is 20.5 Å². The first-order chi connectivity index (χ1) is 10.2. The Morgan fingerprint density at radius 1 is 1.24 bits per heavy atom. The standard InChI is InChI=1S/C15H17N3O3/c1-20-11-4-5-12(13(7-11)21-2)15(19)18-14-6-3-10(8-16)9-17-14/h3-7,9H,8,16H2,1-2H3,(H,17,18,19). The fourth-order valence-corrected chi connectivity index (χ4v) is 1.79. The summed E-state index contributed by atoms with van der Waals surface area (Å²) in [5, 5.41) is 2.71. The van der Waals surface area contributed by atoms with Crippen LogP contribution in [0.1, 0.15) is 15.9 Å². The monoisotopic (exact) mass is 287 g/mol. The third kappa shape index (κ3) is 3.49. The molecule has 3 N–H and O–H groups in total. The van der Waals surface area contributed by atoms with E-state index in [4.69, 9.17) is 15.2 Å². The van der Waals surface area contributed by atoms with Gasteiger partial charge in [0.25, 0.3) is 5.91 Å². The number of nitrogens with one attached hydrogen (secondary N) is 1. The first-order valence-corrected chi connectivity index (χ1v) is 6.36. The Morgan fingerprint density at radius 3 is 2.62 bits per heavy atom. The van der Waals surface area contributed by atoms with E-state index in [1.807, 2.05) is 6.07 Å². The number of nitrogens with two attached hydrogens (primary N) is 1. The lowest BCUT2D eigenvalue weighted by Crippen LogP contribution is -2.14. The number of carbonyl (C=O) groups excluding carboxylic acids is 1. The fourth-order valence-electron chi connectivity index (χ4n) is 1.79. The predicted octanol–water partition coefficient (Wildman–Crippen LogP) is 1.81. The van der Waals surface area contributed by atoms with Crippen molar-refractivity contribution < 1.29 is 14.3 Å². The van der Waals surface area contributed by atoms with Crippen LogP contribution >= 0.6 is 0 Å². The minimum absolute atomic E-state index is 0.303. The molecule has 21 heavy (non-hydrogen) atoms. The number of hydrogen-bond acceptors (Lipinski definition) is 5. The van der Waals surface area contributed by atoms with Crippen molar-refractivity contribution in [1.82, 2.24) is 4.98 Å². The van der Waals surface area contributed by atoms with Crippen LogP contribution in [0.15, 0.2) is 36.5 Å². The number of benzene rings is 1. The molecule has 1 heterocycles.